The van der Waals surface area contributed by atoms with Gasteiger partial charge in [0.15, 0.2) is 5.65 Å². The highest BCUT2D eigenvalue weighted by atomic mass is 19.1. The molecule has 0 saturated heterocycles. The Kier molecular flexibility index (Phi) is 3.21. The zero-order valence-electron chi connectivity index (χ0n) is 15.3. The molecule has 0 radical (unpaired) electrons. The molecule has 144 valence electrons. The van der Waals surface area contributed by atoms with E-state index in [-0.39, 0.29) is 11.6 Å². The van der Waals surface area contributed by atoms with E-state index < -0.39 is 5.91 Å². The molecule has 0 unspecified atom stereocenters. The first-order valence-electron chi connectivity index (χ1n) is 9.49. The molecule has 5 heterocycles. The Morgan fingerprint density at radius 2 is 2.07 bits per heavy atom. The van der Waals surface area contributed by atoms with Gasteiger partial charge in [0.05, 0.1) is 17.6 Å². The van der Waals surface area contributed by atoms with Crippen molar-refractivity contribution >= 4 is 11.6 Å². The summed E-state index contributed by atoms with van der Waals surface area (Å²) in [5.41, 5.74) is 9.07. The van der Waals surface area contributed by atoms with E-state index in [0.29, 0.717) is 29.0 Å². The van der Waals surface area contributed by atoms with E-state index >= 15 is 0 Å². The number of amides is 1. The molecule has 4 aromatic rings. The number of halogens is 1. The van der Waals surface area contributed by atoms with Crippen LogP contribution >= 0.6 is 0 Å². The number of aromatic nitrogens is 6. The van der Waals surface area contributed by atoms with Gasteiger partial charge in [-0.25, -0.2) is 9.37 Å². The van der Waals surface area contributed by atoms with Crippen molar-refractivity contribution in [3.05, 3.63) is 54.1 Å². The van der Waals surface area contributed by atoms with E-state index in [0.717, 1.165) is 36.3 Å². The molecule has 2 aliphatic rings. The van der Waals surface area contributed by atoms with Crippen LogP contribution in [-0.4, -0.2) is 35.0 Å². The number of carbonyl (C=O) groups is 1. The highest BCUT2D eigenvalue weighted by Gasteiger charge is 2.41. The first kappa shape index (κ1) is 16.3. The third kappa shape index (κ3) is 2.27. The van der Waals surface area contributed by atoms with Crippen LogP contribution in [0.15, 0.2) is 36.7 Å². The largest absolute Gasteiger partial charge is 0.363 e. The molecule has 9 heteroatoms. The average Bonchev–Trinajstić information content (AvgIpc) is 3.47. The summed E-state index contributed by atoms with van der Waals surface area (Å²) in [7, 11) is 0. The van der Waals surface area contributed by atoms with E-state index in [1.165, 1.54) is 12.3 Å². The molecule has 8 nitrogen and oxygen atoms in total. The van der Waals surface area contributed by atoms with E-state index in [1.807, 2.05) is 6.07 Å². The number of carbonyl (C=O) groups excluding carboxylic acids is 1. The molecule has 2 atom stereocenters. The molecule has 4 aromatic heterocycles. The Balaban J connectivity index is 1.62. The van der Waals surface area contributed by atoms with Crippen molar-refractivity contribution < 1.29 is 9.18 Å². The van der Waals surface area contributed by atoms with E-state index in [4.69, 9.17) is 10.7 Å². The smallest absolute Gasteiger partial charge is 0.287 e. The Labute approximate surface area is 164 Å². The molecule has 1 aliphatic carbocycles. The second-order valence-electron chi connectivity index (χ2n) is 7.60. The summed E-state index contributed by atoms with van der Waals surface area (Å²) in [4.78, 5) is 20.9. The number of primary amides is 1. The van der Waals surface area contributed by atoms with Crippen LogP contribution in [0.25, 0.3) is 28.3 Å². The van der Waals surface area contributed by atoms with Crippen LogP contribution in [0, 0.1) is 5.82 Å². The Morgan fingerprint density at radius 1 is 1.17 bits per heavy atom. The number of hydrogen-bond acceptors (Lipinski definition) is 5. The van der Waals surface area contributed by atoms with Crippen LogP contribution in [0.5, 0.6) is 0 Å². The maximum atomic E-state index is 13.4. The lowest BCUT2D eigenvalue weighted by atomic mass is 10.1. The van der Waals surface area contributed by atoms with E-state index in [2.05, 4.69) is 19.7 Å². The standard InChI is InChI=1S/C20H16FN7O/c21-12-3-5-14(23-8-12)16-17(28-13-4-1-10(7-13)19(28)24-16)11-2-6-15-25-26-20(18(22)29)27(15)9-11/h2-3,5-6,8-10,13H,1,4,7H2,(H2,22,29)/t10-,13+/m1/s1. The fourth-order valence-electron chi connectivity index (χ4n) is 4.70. The number of nitrogens with zero attached hydrogens (tertiary/aromatic N) is 6. The van der Waals surface area contributed by atoms with Crippen LogP contribution < -0.4 is 5.73 Å². The first-order chi connectivity index (χ1) is 14.1. The molecule has 29 heavy (non-hydrogen) atoms. The monoisotopic (exact) mass is 389 g/mol. The van der Waals surface area contributed by atoms with Crippen LogP contribution in [0.1, 0.15) is 47.7 Å². The summed E-state index contributed by atoms with van der Waals surface area (Å²) < 4.78 is 17.3. The second kappa shape index (κ2) is 5.69. The summed E-state index contributed by atoms with van der Waals surface area (Å²) in [5, 5.41) is 7.88. The van der Waals surface area contributed by atoms with Gasteiger partial charge >= 0.3 is 0 Å². The van der Waals surface area contributed by atoms with Gasteiger partial charge in [-0.3, -0.25) is 14.2 Å². The lowest BCUT2D eigenvalue weighted by Gasteiger charge is -2.17. The molecule has 1 amide bonds. The highest BCUT2D eigenvalue weighted by Crippen LogP contribution is 2.52. The predicted molar refractivity (Wildman–Crippen MR) is 102 cm³/mol. The topological polar surface area (TPSA) is 104 Å². The van der Waals surface area contributed by atoms with Gasteiger partial charge in [-0.2, -0.15) is 0 Å². The van der Waals surface area contributed by atoms with Crippen molar-refractivity contribution in [3.63, 3.8) is 0 Å². The van der Waals surface area contributed by atoms with Crippen molar-refractivity contribution in [2.24, 2.45) is 5.73 Å². The number of imidazole rings is 1. The summed E-state index contributed by atoms with van der Waals surface area (Å²) in [6.45, 7) is 0. The zero-order valence-corrected chi connectivity index (χ0v) is 15.3. The number of fused-ring (bicyclic) bond motifs is 6. The molecule has 1 aliphatic heterocycles. The minimum atomic E-state index is -0.646. The molecule has 6 rings (SSSR count). The van der Waals surface area contributed by atoms with Gasteiger partial charge in [-0.1, -0.05) is 0 Å². The average molecular weight is 389 g/mol. The SMILES string of the molecule is NC(=O)c1nnc2ccc(-c3c(-c4ccc(F)cn4)nc4n3[C@H]3CC[C@@H]4C3)cn12. The van der Waals surface area contributed by atoms with Gasteiger partial charge in [0.25, 0.3) is 5.91 Å². The number of pyridine rings is 2. The fraction of sp³-hybridized carbons (Fsp3) is 0.250. The van der Waals surface area contributed by atoms with Gasteiger partial charge in [-0.15, -0.1) is 10.2 Å². The van der Waals surface area contributed by atoms with Crippen molar-refractivity contribution in [2.45, 2.75) is 31.2 Å². The van der Waals surface area contributed by atoms with Crippen LogP contribution in [0.3, 0.4) is 0 Å². The van der Waals surface area contributed by atoms with Crippen LogP contribution in [0.4, 0.5) is 4.39 Å². The minimum Gasteiger partial charge on any atom is -0.363 e. The Hall–Kier alpha value is -3.62. The van der Waals surface area contributed by atoms with Crippen molar-refractivity contribution in [3.8, 4) is 22.6 Å². The van der Waals surface area contributed by atoms with Gasteiger partial charge in [0.1, 0.15) is 17.3 Å². The summed E-state index contributed by atoms with van der Waals surface area (Å²) >= 11 is 0. The second-order valence-corrected chi connectivity index (χ2v) is 7.60. The molecular weight excluding hydrogens is 373 g/mol. The molecular formula is C20H16FN7O. The predicted octanol–water partition coefficient (Wildman–Crippen LogP) is 2.72. The van der Waals surface area contributed by atoms with Gasteiger partial charge < -0.3 is 10.3 Å². The van der Waals surface area contributed by atoms with Crippen LogP contribution in [0.2, 0.25) is 0 Å². The Morgan fingerprint density at radius 3 is 2.86 bits per heavy atom. The molecule has 2 bridgehead atoms. The van der Waals surface area contributed by atoms with Crippen molar-refractivity contribution in [2.75, 3.05) is 0 Å². The van der Waals surface area contributed by atoms with Gasteiger partial charge in [-0.05, 0) is 43.5 Å². The third-order valence-corrected chi connectivity index (χ3v) is 5.94. The van der Waals surface area contributed by atoms with E-state index in [1.54, 1.807) is 22.7 Å². The molecule has 0 aromatic carbocycles. The van der Waals surface area contributed by atoms with Crippen molar-refractivity contribution in [1.82, 2.24) is 29.1 Å². The molecule has 1 fully saturated rings. The summed E-state index contributed by atoms with van der Waals surface area (Å²) in [6.07, 6.45) is 6.34. The number of hydrogen-bond donors (Lipinski definition) is 1. The summed E-state index contributed by atoms with van der Waals surface area (Å²) in [6, 6.07) is 7.14. The molecule has 0 spiro atoms. The third-order valence-electron chi connectivity index (χ3n) is 5.94. The number of nitrogens with two attached hydrogens (primary N) is 1. The minimum absolute atomic E-state index is 0.0750. The fourth-order valence-corrected chi connectivity index (χ4v) is 4.70. The molecule has 2 N–H and O–H groups in total. The van der Waals surface area contributed by atoms with E-state index in [9.17, 15) is 9.18 Å². The first-order valence-corrected chi connectivity index (χ1v) is 9.49. The number of rotatable bonds is 3. The maximum Gasteiger partial charge on any atom is 0.287 e. The lowest BCUT2D eigenvalue weighted by Crippen LogP contribution is -2.15. The normalized spacial score (nSPS) is 19.8. The zero-order chi connectivity index (χ0) is 19.7. The highest BCUT2D eigenvalue weighted by molar-refractivity contribution is 5.90. The lowest BCUT2D eigenvalue weighted by molar-refractivity contribution is 0.0989. The van der Waals surface area contributed by atoms with Crippen molar-refractivity contribution in [1.29, 1.82) is 0 Å². The van der Waals surface area contributed by atoms with Gasteiger partial charge in [0, 0.05) is 23.7 Å². The summed E-state index contributed by atoms with van der Waals surface area (Å²) in [5.74, 6) is 0.530. The van der Waals surface area contributed by atoms with Gasteiger partial charge in [0.2, 0.25) is 5.82 Å². The maximum absolute atomic E-state index is 13.4. The van der Waals surface area contributed by atoms with Crippen LogP contribution in [-0.2, 0) is 0 Å². The Bertz CT molecular complexity index is 1290. The quantitative estimate of drug-likeness (QED) is 0.580. The molecule has 1 saturated carbocycles.